The molecule has 0 aliphatic rings. The van der Waals surface area contributed by atoms with Crippen molar-refractivity contribution in [1.29, 1.82) is 5.26 Å². The van der Waals surface area contributed by atoms with Crippen LogP contribution in [0.1, 0.15) is 30.8 Å². The van der Waals surface area contributed by atoms with Crippen LogP contribution in [0.5, 0.6) is 5.75 Å². The maximum absolute atomic E-state index is 12.6. The Morgan fingerprint density at radius 3 is 2.28 bits per heavy atom. The van der Waals surface area contributed by atoms with Gasteiger partial charge in [-0.1, -0.05) is 0 Å². The standard InChI is InChI=1S/C26H28N4O2/c1-5-29(6-2)23-9-11-24(12-10-23)30-18(3)15-20(19(30)4)16-21(17-27)26(32)28-22-7-13-25(31)14-8-22/h7-16,31H,5-6H2,1-4H3,(H,28,32). The van der Waals surface area contributed by atoms with Gasteiger partial charge in [0.15, 0.2) is 0 Å². The molecule has 6 heteroatoms. The SMILES string of the molecule is CCN(CC)c1ccc(-n2c(C)cc(C=C(C#N)C(=O)Nc3ccc(O)cc3)c2C)cc1. The molecule has 0 unspecified atom stereocenters. The molecule has 0 fully saturated rings. The lowest BCUT2D eigenvalue weighted by Crippen LogP contribution is -2.21. The zero-order valence-electron chi connectivity index (χ0n) is 18.9. The van der Waals surface area contributed by atoms with Gasteiger partial charge in [-0.2, -0.15) is 5.26 Å². The van der Waals surface area contributed by atoms with Gasteiger partial charge in [0.05, 0.1) is 0 Å². The van der Waals surface area contributed by atoms with Crippen molar-refractivity contribution in [3.8, 4) is 17.5 Å². The van der Waals surface area contributed by atoms with Crippen LogP contribution in [0.4, 0.5) is 11.4 Å². The fraction of sp³-hybridized carbons (Fsp3) is 0.231. The van der Waals surface area contributed by atoms with Crippen LogP contribution in [-0.4, -0.2) is 28.7 Å². The van der Waals surface area contributed by atoms with E-state index in [9.17, 15) is 15.2 Å². The Morgan fingerprint density at radius 2 is 1.72 bits per heavy atom. The molecule has 1 amide bonds. The van der Waals surface area contributed by atoms with E-state index in [1.807, 2.05) is 26.0 Å². The summed E-state index contributed by atoms with van der Waals surface area (Å²) in [6.45, 7) is 10.2. The van der Waals surface area contributed by atoms with Crippen LogP contribution in [0.15, 0.2) is 60.2 Å². The number of aromatic hydroxyl groups is 1. The molecule has 0 aliphatic carbocycles. The minimum absolute atomic E-state index is 0.00945. The van der Waals surface area contributed by atoms with E-state index in [0.717, 1.165) is 35.7 Å². The molecule has 2 N–H and O–H groups in total. The third-order valence-corrected chi connectivity index (χ3v) is 5.50. The van der Waals surface area contributed by atoms with Crippen molar-refractivity contribution in [1.82, 2.24) is 4.57 Å². The summed E-state index contributed by atoms with van der Waals surface area (Å²) in [5.41, 5.74) is 5.50. The minimum Gasteiger partial charge on any atom is -0.508 e. The highest BCUT2D eigenvalue weighted by atomic mass is 16.3. The molecule has 0 atom stereocenters. The summed E-state index contributed by atoms with van der Waals surface area (Å²) in [6, 6.07) is 18.5. The van der Waals surface area contributed by atoms with Crippen molar-refractivity contribution >= 4 is 23.4 Å². The molecule has 1 heterocycles. The average Bonchev–Trinajstić information content (AvgIpc) is 3.07. The minimum atomic E-state index is -0.494. The quantitative estimate of drug-likeness (QED) is 0.308. The number of amides is 1. The van der Waals surface area contributed by atoms with E-state index in [1.165, 1.54) is 17.8 Å². The molecule has 32 heavy (non-hydrogen) atoms. The highest BCUT2D eigenvalue weighted by molar-refractivity contribution is 6.09. The number of nitriles is 1. The summed E-state index contributed by atoms with van der Waals surface area (Å²) < 4.78 is 2.12. The lowest BCUT2D eigenvalue weighted by molar-refractivity contribution is -0.112. The van der Waals surface area contributed by atoms with Gasteiger partial charge in [-0.15, -0.1) is 0 Å². The van der Waals surface area contributed by atoms with Crippen LogP contribution >= 0.6 is 0 Å². The molecule has 6 nitrogen and oxygen atoms in total. The smallest absolute Gasteiger partial charge is 0.266 e. The maximum atomic E-state index is 12.6. The van der Waals surface area contributed by atoms with Gasteiger partial charge in [0.1, 0.15) is 17.4 Å². The third-order valence-electron chi connectivity index (χ3n) is 5.50. The molecule has 0 bridgehead atoms. The number of phenols is 1. The number of nitrogens with one attached hydrogen (secondary N) is 1. The summed E-state index contributed by atoms with van der Waals surface area (Å²) >= 11 is 0. The van der Waals surface area contributed by atoms with Crippen LogP contribution in [0.3, 0.4) is 0 Å². The monoisotopic (exact) mass is 428 g/mol. The lowest BCUT2D eigenvalue weighted by atomic mass is 10.1. The molecule has 3 aromatic rings. The summed E-state index contributed by atoms with van der Waals surface area (Å²) in [7, 11) is 0. The fourth-order valence-corrected chi connectivity index (χ4v) is 3.78. The normalized spacial score (nSPS) is 11.2. The van der Waals surface area contributed by atoms with E-state index in [1.54, 1.807) is 18.2 Å². The van der Waals surface area contributed by atoms with Crippen LogP contribution < -0.4 is 10.2 Å². The second-order valence-corrected chi connectivity index (χ2v) is 7.52. The molecular weight excluding hydrogens is 400 g/mol. The number of benzene rings is 2. The van der Waals surface area contributed by atoms with Crippen LogP contribution in [-0.2, 0) is 4.79 Å². The zero-order chi connectivity index (χ0) is 23.3. The number of carbonyl (C=O) groups excluding carboxylic acids is 1. The molecule has 2 aromatic carbocycles. The molecule has 1 aromatic heterocycles. The van der Waals surface area contributed by atoms with Crippen LogP contribution in [0.25, 0.3) is 11.8 Å². The predicted octanol–water partition coefficient (Wildman–Crippen LogP) is 5.19. The van der Waals surface area contributed by atoms with Gasteiger partial charge < -0.3 is 19.9 Å². The van der Waals surface area contributed by atoms with Gasteiger partial charge >= 0.3 is 0 Å². The number of hydrogen-bond acceptors (Lipinski definition) is 4. The first kappa shape index (κ1) is 22.7. The molecule has 0 aliphatic heterocycles. The Labute approximate surface area is 189 Å². The van der Waals surface area contributed by atoms with Crippen molar-refractivity contribution in [2.24, 2.45) is 0 Å². The lowest BCUT2D eigenvalue weighted by Gasteiger charge is -2.21. The van der Waals surface area contributed by atoms with Crippen molar-refractivity contribution in [3.63, 3.8) is 0 Å². The molecule has 0 saturated carbocycles. The summed E-state index contributed by atoms with van der Waals surface area (Å²) in [5.74, 6) is -0.386. The third kappa shape index (κ3) is 4.84. The first-order valence-electron chi connectivity index (χ1n) is 10.6. The fourth-order valence-electron chi connectivity index (χ4n) is 3.78. The largest absolute Gasteiger partial charge is 0.508 e. The summed E-state index contributed by atoms with van der Waals surface area (Å²) in [5, 5.41) is 21.6. The van der Waals surface area contributed by atoms with E-state index >= 15 is 0 Å². The zero-order valence-corrected chi connectivity index (χ0v) is 18.9. The van der Waals surface area contributed by atoms with Crippen molar-refractivity contribution in [2.45, 2.75) is 27.7 Å². The Morgan fingerprint density at radius 1 is 1.09 bits per heavy atom. The second-order valence-electron chi connectivity index (χ2n) is 7.52. The number of rotatable bonds is 7. The van der Waals surface area contributed by atoms with Gasteiger partial charge in [-0.25, -0.2) is 0 Å². The number of nitrogens with zero attached hydrogens (tertiary/aromatic N) is 3. The Bertz CT molecular complexity index is 1160. The second kappa shape index (κ2) is 9.88. The van der Waals surface area contributed by atoms with E-state index in [4.69, 9.17) is 0 Å². The van der Waals surface area contributed by atoms with Gasteiger partial charge in [0.2, 0.25) is 0 Å². The number of aryl methyl sites for hydroxylation is 1. The maximum Gasteiger partial charge on any atom is 0.266 e. The van der Waals surface area contributed by atoms with Gasteiger partial charge in [-0.3, -0.25) is 4.79 Å². The number of aromatic nitrogens is 1. The average molecular weight is 429 g/mol. The van der Waals surface area contributed by atoms with Crippen LogP contribution in [0.2, 0.25) is 0 Å². The number of hydrogen-bond donors (Lipinski definition) is 2. The van der Waals surface area contributed by atoms with E-state index < -0.39 is 5.91 Å². The molecule has 164 valence electrons. The van der Waals surface area contributed by atoms with Crippen LogP contribution in [0, 0.1) is 25.2 Å². The first-order chi connectivity index (χ1) is 15.4. The molecule has 0 spiro atoms. The Hall–Kier alpha value is -3.98. The van der Waals surface area contributed by atoms with E-state index in [0.29, 0.717) is 5.69 Å². The summed E-state index contributed by atoms with van der Waals surface area (Å²) in [4.78, 5) is 14.9. The molecule has 3 rings (SSSR count). The first-order valence-corrected chi connectivity index (χ1v) is 10.6. The summed E-state index contributed by atoms with van der Waals surface area (Å²) in [6.07, 6.45) is 1.61. The Kier molecular flexibility index (Phi) is 7.01. The van der Waals surface area contributed by atoms with Crippen molar-refractivity contribution in [3.05, 3.63) is 77.1 Å². The predicted molar refractivity (Wildman–Crippen MR) is 129 cm³/mol. The van der Waals surface area contributed by atoms with Gasteiger partial charge in [0, 0.05) is 41.5 Å². The topological polar surface area (TPSA) is 81.3 Å². The molecule has 0 radical (unpaired) electrons. The highest BCUT2D eigenvalue weighted by Crippen LogP contribution is 2.25. The van der Waals surface area contributed by atoms with E-state index in [-0.39, 0.29) is 11.3 Å². The number of phenolic OH excluding ortho intramolecular Hbond substituents is 1. The Balaban J connectivity index is 1.88. The van der Waals surface area contributed by atoms with E-state index in [2.05, 4.69) is 52.9 Å². The van der Waals surface area contributed by atoms with Gasteiger partial charge in [0.25, 0.3) is 5.91 Å². The van der Waals surface area contributed by atoms with Gasteiger partial charge in [-0.05, 0) is 93.9 Å². The highest BCUT2D eigenvalue weighted by Gasteiger charge is 2.14. The number of anilines is 2. The number of carbonyl (C=O) groups is 1. The molecular formula is C26H28N4O2. The van der Waals surface area contributed by atoms with Crippen molar-refractivity contribution in [2.75, 3.05) is 23.3 Å². The van der Waals surface area contributed by atoms with Crippen molar-refractivity contribution < 1.29 is 9.90 Å². The molecule has 0 saturated heterocycles.